The minimum Gasteiger partial charge on any atom is -0.504 e. The van der Waals surface area contributed by atoms with Crippen LogP contribution in [0.2, 0.25) is 0 Å². The van der Waals surface area contributed by atoms with E-state index in [1.54, 1.807) is 12.1 Å². The maximum Gasteiger partial charge on any atom is 0.408 e. The molecule has 0 aliphatic rings. The molecule has 0 radical (unpaired) electrons. The maximum absolute atomic E-state index is 11.9. The monoisotopic (exact) mass is 410 g/mol. The molecule has 1 aromatic heterocycles. The van der Waals surface area contributed by atoms with Gasteiger partial charge in [0.1, 0.15) is 0 Å². The second-order valence-corrected chi connectivity index (χ2v) is 7.95. The number of benzene rings is 2. The number of phenolic OH excluding ortho intramolecular Hbond substituents is 1. The average molecular weight is 410 g/mol. The van der Waals surface area contributed by atoms with Crippen molar-refractivity contribution >= 4 is 17.0 Å². The second kappa shape index (κ2) is 8.10. The van der Waals surface area contributed by atoms with Crippen molar-refractivity contribution in [3.05, 3.63) is 48.2 Å². The SMILES string of the molecule is COc1cc(-c2cc3ccccc3nc2CN(C(=O)O)C(C)(C)C)cc(O)c1OC. The number of ether oxygens (including phenoxy) is 2. The van der Waals surface area contributed by atoms with Gasteiger partial charge in [0, 0.05) is 16.5 Å². The number of aromatic nitrogens is 1. The largest absolute Gasteiger partial charge is 0.504 e. The van der Waals surface area contributed by atoms with Gasteiger partial charge in [-0.3, -0.25) is 9.88 Å². The van der Waals surface area contributed by atoms with Gasteiger partial charge in [0.2, 0.25) is 5.75 Å². The molecule has 0 saturated heterocycles. The summed E-state index contributed by atoms with van der Waals surface area (Å²) in [6.07, 6.45) is -1.03. The number of carboxylic acid groups (broad SMARTS) is 1. The van der Waals surface area contributed by atoms with E-state index in [0.717, 1.165) is 10.9 Å². The van der Waals surface area contributed by atoms with E-state index in [9.17, 15) is 15.0 Å². The number of fused-ring (bicyclic) bond motifs is 1. The smallest absolute Gasteiger partial charge is 0.408 e. The molecule has 3 aromatic rings. The lowest BCUT2D eigenvalue weighted by atomic mass is 9.98. The minimum atomic E-state index is -1.03. The van der Waals surface area contributed by atoms with E-state index < -0.39 is 11.6 Å². The quantitative estimate of drug-likeness (QED) is 0.621. The molecule has 0 bridgehead atoms. The standard InChI is InChI=1S/C23H26N2O5/c1-23(2,3)25(22(27)28)13-18-16(10-14-8-6-7-9-17(14)24-18)15-11-19(26)21(30-5)20(12-15)29-4/h6-12,26H,13H2,1-5H3,(H,27,28). The Morgan fingerprint density at radius 1 is 1.10 bits per heavy atom. The fourth-order valence-corrected chi connectivity index (χ4v) is 3.37. The van der Waals surface area contributed by atoms with Crippen LogP contribution in [0, 0.1) is 0 Å². The molecule has 0 unspecified atom stereocenters. The Morgan fingerprint density at radius 3 is 2.40 bits per heavy atom. The molecule has 1 heterocycles. The Balaban J connectivity index is 2.24. The number of hydrogen-bond acceptors (Lipinski definition) is 5. The highest BCUT2D eigenvalue weighted by Gasteiger charge is 2.28. The lowest BCUT2D eigenvalue weighted by Gasteiger charge is -2.33. The molecule has 0 atom stereocenters. The molecule has 158 valence electrons. The molecule has 0 spiro atoms. The summed E-state index contributed by atoms with van der Waals surface area (Å²) < 4.78 is 10.6. The van der Waals surface area contributed by atoms with Crippen molar-refractivity contribution in [2.24, 2.45) is 0 Å². The summed E-state index contributed by atoms with van der Waals surface area (Å²) >= 11 is 0. The van der Waals surface area contributed by atoms with Gasteiger partial charge in [-0.05, 0) is 50.6 Å². The number of methoxy groups -OCH3 is 2. The summed E-state index contributed by atoms with van der Waals surface area (Å²) in [5, 5.41) is 21.1. The number of para-hydroxylation sites is 1. The van der Waals surface area contributed by atoms with E-state index in [1.807, 2.05) is 51.1 Å². The third-order valence-corrected chi connectivity index (χ3v) is 4.92. The highest BCUT2D eigenvalue weighted by atomic mass is 16.5. The first-order chi connectivity index (χ1) is 14.2. The van der Waals surface area contributed by atoms with Crippen molar-refractivity contribution in [2.75, 3.05) is 14.2 Å². The fraction of sp³-hybridized carbons (Fsp3) is 0.304. The van der Waals surface area contributed by atoms with Crippen LogP contribution in [-0.2, 0) is 6.54 Å². The van der Waals surface area contributed by atoms with Gasteiger partial charge < -0.3 is 19.7 Å². The summed E-state index contributed by atoms with van der Waals surface area (Å²) in [5.41, 5.74) is 2.09. The predicted molar refractivity (Wildman–Crippen MR) is 115 cm³/mol. The van der Waals surface area contributed by atoms with Crippen LogP contribution in [0.1, 0.15) is 26.5 Å². The molecule has 2 aromatic carbocycles. The zero-order chi connectivity index (χ0) is 22.1. The zero-order valence-electron chi connectivity index (χ0n) is 17.8. The fourth-order valence-electron chi connectivity index (χ4n) is 3.37. The normalized spacial score (nSPS) is 11.4. The molecular weight excluding hydrogens is 384 g/mol. The molecule has 0 aliphatic carbocycles. The van der Waals surface area contributed by atoms with Gasteiger partial charge in [0.05, 0.1) is 32.0 Å². The summed E-state index contributed by atoms with van der Waals surface area (Å²) in [5.74, 6) is 0.535. The van der Waals surface area contributed by atoms with E-state index in [2.05, 4.69) is 0 Å². The summed E-state index contributed by atoms with van der Waals surface area (Å²) in [7, 11) is 2.95. The van der Waals surface area contributed by atoms with Gasteiger partial charge in [-0.1, -0.05) is 18.2 Å². The van der Waals surface area contributed by atoms with Gasteiger partial charge in [0.15, 0.2) is 11.5 Å². The Labute approximate surface area is 175 Å². The van der Waals surface area contributed by atoms with Crippen LogP contribution in [0.3, 0.4) is 0 Å². The summed E-state index contributed by atoms with van der Waals surface area (Å²) in [6, 6.07) is 12.9. The molecule has 0 aliphatic heterocycles. The van der Waals surface area contributed by atoms with Crippen molar-refractivity contribution in [2.45, 2.75) is 32.9 Å². The predicted octanol–water partition coefficient (Wildman–Crippen LogP) is 4.90. The van der Waals surface area contributed by atoms with Gasteiger partial charge in [0.25, 0.3) is 0 Å². The van der Waals surface area contributed by atoms with Crippen LogP contribution in [-0.4, -0.2) is 45.9 Å². The van der Waals surface area contributed by atoms with Crippen molar-refractivity contribution in [1.29, 1.82) is 0 Å². The molecule has 0 fully saturated rings. The lowest BCUT2D eigenvalue weighted by Crippen LogP contribution is -2.44. The van der Waals surface area contributed by atoms with Crippen molar-refractivity contribution in [3.8, 4) is 28.4 Å². The second-order valence-electron chi connectivity index (χ2n) is 7.95. The van der Waals surface area contributed by atoms with Crippen LogP contribution in [0.25, 0.3) is 22.0 Å². The van der Waals surface area contributed by atoms with Crippen LogP contribution in [0.4, 0.5) is 4.79 Å². The Morgan fingerprint density at radius 2 is 1.80 bits per heavy atom. The van der Waals surface area contributed by atoms with E-state index >= 15 is 0 Å². The van der Waals surface area contributed by atoms with Gasteiger partial charge in [-0.15, -0.1) is 0 Å². The molecule has 7 nitrogen and oxygen atoms in total. The number of phenols is 1. The van der Waals surface area contributed by atoms with Crippen molar-refractivity contribution in [1.82, 2.24) is 9.88 Å². The Bertz CT molecular complexity index is 1090. The molecular formula is C23H26N2O5. The number of amides is 1. The third kappa shape index (κ3) is 4.10. The van der Waals surface area contributed by atoms with Crippen LogP contribution >= 0.6 is 0 Å². The first-order valence-corrected chi connectivity index (χ1v) is 9.50. The van der Waals surface area contributed by atoms with Crippen LogP contribution in [0.15, 0.2) is 42.5 Å². The van der Waals surface area contributed by atoms with Crippen LogP contribution in [0.5, 0.6) is 17.2 Å². The van der Waals surface area contributed by atoms with Crippen LogP contribution < -0.4 is 9.47 Å². The summed E-state index contributed by atoms with van der Waals surface area (Å²) in [4.78, 5) is 18.0. The number of nitrogens with zero attached hydrogens (tertiary/aromatic N) is 2. The average Bonchev–Trinajstić information content (AvgIpc) is 2.69. The molecule has 3 rings (SSSR count). The number of pyridine rings is 1. The summed E-state index contributed by atoms with van der Waals surface area (Å²) in [6.45, 7) is 5.60. The lowest BCUT2D eigenvalue weighted by molar-refractivity contribution is 0.0949. The number of hydrogen-bond donors (Lipinski definition) is 2. The highest BCUT2D eigenvalue weighted by molar-refractivity contribution is 5.86. The minimum absolute atomic E-state index is 0.0723. The topological polar surface area (TPSA) is 92.1 Å². The number of carbonyl (C=O) groups is 1. The van der Waals surface area contributed by atoms with E-state index in [-0.39, 0.29) is 18.0 Å². The number of aromatic hydroxyl groups is 1. The molecule has 1 amide bonds. The molecule has 30 heavy (non-hydrogen) atoms. The molecule has 0 saturated carbocycles. The number of rotatable bonds is 5. The van der Waals surface area contributed by atoms with Crippen molar-refractivity contribution < 1.29 is 24.5 Å². The van der Waals surface area contributed by atoms with Gasteiger partial charge in [-0.25, -0.2) is 4.79 Å². The van der Waals surface area contributed by atoms with E-state index in [0.29, 0.717) is 22.6 Å². The van der Waals surface area contributed by atoms with Gasteiger partial charge in [-0.2, -0.15) is 0 Å². The van der Waals surface area contributed by atoms with Crippen molar-refractivity contribution in [3.63, 3.8) is 0 Å². The molecule has 2 N–H and O–H groups in total. The third-order valence-electron chi connectivity index (χ3n) is 4.92. The van der Waals surface area contributed by atoms with Gasteiger partial charge >= 0.3 is 6.09 Å². The van der Waals surface area contributed by atoms with E-state index in [4.69, 9.17) is 14.5 Å². The Kier molecular flexibility index (Phi) is 5.73. The Hall–Kier alpha value is -3.48. The van der Waals surface area contributed by atoms with E-state index in [1.165, 1.54) is 19.1 Å². The maximum atomic E-state index is 11.9. The first kappa shape index (κ1) is 21.2. The zero-order valence-corrected chi connectivity index (χ0v) is 17.8. The highest BCUT2D eigenvalue weighted by Crippen LogP contribution is 2.41. The first-order valence-electron chi connectivity index (χ1n) is 9.50. The molecule has 7 heteroatoms.